The van der Waals surface area contributed by atoms with Crippen LogP contribution >= 0.6 is 0 Å². The monoisotopic (exact) mass is 987 g/mol. The molecule has 0 aliphatic rings. The molecule has 17 nitrogen and oxygen atoms in total. The first-order valence-electron chi connectivity index (χ1n) is 23.9. The summed E-state index contributed by atoms with van der Waals surface area (Å²) in [5.41, 5.74) is 11.5. The molecule has 0 saturated heterocycles. The fourth-order valence-corrected chi connectivity index (χ4v) is 9.74. The van der Waals surface area contributed by atoms with Gasteiger partial charge in [0, 0.05) is 24.9 Å². The van der Waals surface area contributed by atoms with E-state index < -0.39 is 106 Å². The molecule has 382 valence electrons. The van der Waals surface area contributed by atoms with Crippen LogP contribution in [0.2, 0.25) is 0 Å². The van der Waals surface area contributed by atoms with Crippen molar-refractivity contribution in [2.45, 2.75) is 148 Å². The Morgan fingerprint density at radius 2 is 1.51 bits per heavy atom. The summed E-state index contributed by atoms with van der Waals surface area (Å²) in [7, 11) is -2.55. The smallest absolute Gasteiger partial charge is 0.408 e. The normalized spacial score (nSPS) is 16.0. The van der Waals surface area contributed by atoms with Gasteiger partial charge in [0.1, 0.15) is 23.4 Å². The summed E-state index contributed by atoms with van der Waals surface area (Å²) in [6, 6.07) is 12.7. The van der Waals surface area contributed by atoms with E-state index in [1.54, 1.807) is 96.3 Å². The molecular weight excluding hydrogens is 913 g/mol. The predicted molar refractivity (Wildman–Crippen MR) is 267 cm³/mol. The number of ether oxygens (including phenoxy) is 1. The van der Waals surface area contributed by atoms with Gasteiger partial charge in [-0.3, -0.25) is 29.1 Å². The molecule has 1 unspecified atom stereocenters. The van der Waals surface area contributed by atoms with E-state index in [-0.39, 0.29) is 41.0 Å². The Labute approximate surface area is 413 Å². The zero-order valence-corrected chi connectivity index (χ0v) is 43.3. The number of nitrogens with two attached hydrogens (primary N) is 2. The van der Waals surface area contributed by atoms with Gasteiger partial charge in [-0.25, -0.2) is 22.2 Å². The summed E-state index contributed by atoms with van der Waals surface area (Å²) in [6.07, 6.45) is 0.774. The third kappa shape index (κ3) is 14.0. The second-order valence-electron chi connectivity index (χ2n) is 20.0. The fourth-order valence-electron chi connectivity index (χ4n) is 8.58. The number of benzene rings is 2. The second kappa shape index (κ2) is 24.4. The molecule has 0 spiro atoms. The quantitative estimate of drug-likeness (QED) is 0.0546. The Morgan fingerprint density at radius 3 is 2.06 bits per heavy atom. The minimum atomic E-state index is -4.13. The van der Waals surface area contributed by atoms with Crippen LogP contribution in [0.15, 0.2) is 96.4 Å². The summed E-state index contributed by atoms with van der Waals surface area (Å²) in [5.74, 6) is -5.25. The van der Waals surface area contributed by atoms with E-state index in [2.05, 4.69) is 20.6 Å². The SMILES string of the molecule is CC[C@H](C)[C@H](NC)C(=O)C(c1ccccn1)N(C(=O)[C@@H](N)Cc1cn(S(=O)(=O)c2ccc(C)cc2)cn1)C(=O)[C@](C[C@H](O)[C@@H](N)CC(C)C)(C(=O)[C@H](Cc1ccccc1)NC(=O)OC(C)(C)C)C(C)C. The lowest BCUT2D eigenvalue weighted by atomic mass is 9.65. The lowest BCUT2D eigenvalue weighted by molar-refractivity contribution is -0.167. The first kappa shape index (κ1) is 56.9. The molecule has 2 aromatic heterocycles. The summed E-state index contributed by atoms with van der Waals surface area (Å²) >= 11 is 0. The number of aliphatic hydroxyl groups excluding tert-OH is 1. The number of amides is 3. The van der Waals surface area contributed by atoms with E-state index in [1.165, 1.54) is 30.6 Å². The molecule has 2 heterocycles. The maximum atomic E-state index is 16.5. The topological polar surface area (TPSA) is 259 Å². The van der Waals surface area contributed by atoms with E-state index in [4.69, 9.17) is 16.2 Å². The van der Waals surface area contributed by atoms with Gasteiger partial charge in [0.25, 0.3) is 10.0 Å². The van der Waals surface area contributed by atoms with Crippen LogP contribution in [0, 0.1) is 30.1 Å². The van der Waals surface area contributed by atoms with Crippen molar-refractivity contribution in [1.82, 2.24) is 29.5 Å². The van der Waals surface area contributed by atoms with Gasteiger partial charge in [0.15, 0.2) is 11.6 Å². The maximum Gasteiger partial charge on any atom is 0.408 e. The van der Waals surface area contributed by atoms with Crippen LogP contribution in [0.4, 0.5) is 4.79 Å². The summed E-state index contributed by atoms with van der Waals surface area (Å²) in [4.78, 5) is 86.7. The van der Waals surface area contributed by atoms with Gasteiger partial charge in [-0.05, 0) is 102 Å². The summed E-state index contributed by atoms with van der Waals surface area (Å²) < 4.78 is 33.8. The highest BCUT2D eigenvalue weighted by Crippen LogP contribution is 2.42. The van der Waals surface area contributed by atoms with Crippen molar-refractivity contribution in [2.75, 3.05) is 7.05 Å². The molecule has 3 amide bonds. The van der Waals surface area contributed by atoms with E-state index in [1.807, 2.05) is 34.6 Å². The molecule has 8 atom stereocenters. The van der Waals surface area contributed by atoms with Crippen molar-refractivity contribution in [1.29, 1.82) is 0 Å². The van der Waals surface area contributed by atoms with Crippen LogP contribution in [0.25, 0.3) is 0 Å². The molecule has 0 saturated carbocycles. The highest BCUT2D eigenvalue weighted by Gasteiger charge is 2.58. The number of aromatic nitrogens is 3. The molecular formula is C52H74N8O9S. The number of ketones is 2. The van der Waals surface area contributed by atoms with Crippen LogP contribution < -0.4 is 22.1 Å². The molecule has 4 aromatic rings. The van der Waals surface area contributed by atoms with Gasteiger partial charge in [-0.2, -0.15) is 0 Å². The van der Waals surface area contributed by atoms with Crippen LogP contribution in [0.1, 0.15) is 110 Å². The minimum Gasteiger partial charge on any atom is -0.444 e. The Bertz CT molecular complexity index is 2500. The van der Waals surface area contributed by atoms with Gasteiger partial charge in [0.2, 0.25) is 11.8 Å². The highest BCUT2D eigenvalue weighted by atomic mass is 32.2. The fraction of sp³-hybridized carbons (Fsp3) is 0.519. The lowest BCUT2D eigenvalue weighted by Crippen LogP contribution is -2.64. The van der Waals surface area contributed by atoms with Crippen molar-refractivity contribution in [3.63, 3.8) is 0 Å². The van der Waals surface area contributed by atoms with Gasteiger partial charge >= 0.3 is 6.09 Å². The van der Waals surface area contributed by atoms with E-state index in [9.17, 15) is 18.3 Å². The number of pyridine rings is 1. The van der Waals surface area contributed by atoms with Crippen LogP contribution in [0.3, 0.4) is 0 Å². The molecule has 18 heteroatoms. The number of imidazole rings is 1. The van der Waals surface area contributed by atoms with Crippen molar-refractivity contribution in [3.05, 3.63) is 114 Å². The van der Waals surface area contributed by atoms with E-state index >= 15 is 19.2 Å². The molecule has 0 radical (unpaired) electrons. The summed E-state index contributed by atoms with van der Waals surface area (Å²) in [5, 5.41) is 17.9. The molecule has 2 aromatic carbocycles. The molecule has 0 aliphatic carbocycles. The Balaban J connectivity index is 2.04. The predicted octanol–water partition coefficient (Wildman–Crippen LogP) is 5.46. The molecule has 70 heavy (non-hydrogen) atoms. The number of aliphatic hydroxyl groups is 1. The number of hydrogen-bond donors (Lipinski definition) is 5. The molecule has 0 aliphatic heterocycles. The number of carbonyl (C=O) groups is 5. The average Bonchev–Trinajstić information content (AvgIpc) is 3.78. The summed E-state index contributed by atoms with van der Waals surface area (Å²) in [6.45, 7) is 17.5. The first-order valence-corrected chi connectivity index (χ1v) is 25.3. The Kier molecular flexibility index (Phi) is 19.9. The number of hydrogen-bond acceptors (Lipinski definition) is 14. The van der Waals surface area contributed by atoms with Crippen molar-refractivity contribution in [2.24, 2.45) is 34.6 Å². The second-order valence-corrected chi connectivity index (χ2v) is 21.8. The van der Waals surface area contributed by atoms with E-state index in [0.29, 0.717) is 16.9 Å². The van der Waals surface area contributed by atoms with Crippen LogP contribution in [0.5, 0.6) is 0 Å². The van der Waals surface area contributed by atoms with Crippen molar-refractivity contribution >= 4 is 39.5 Å². The number of carbonyl (C=O) groups excluding carboxylic acids is 5. The minimum absolute atomic E-state index is 0.00646. The van der Waals surface area contributed by atoms with Gasteiger partial charge < -0.3 is 31.9 Å². The zero-order chi connectivity index (χ0) is 52.3. The Morgan fingerprint density at radius 1 is 0.886 bits per heavy atom. The van der Waals surface area contributed by atoms with Gasteiger partial charge in [-0.15, -0.1) is 0 Å². The van der Waals surface area contributed by atoms with Crippen LogP contribution in [-0.4, -0.2) is 105 Å². The first-order chi connectivity index (χ1) is 32.8. The maximum absolute atomic E-state index is 16.5. The van der Waals surface area contributed by atoms with E-state index in [0.717, 1.165) is 15.9 Å². The Hall–Kier alpha value is -5.66. The number of nitrogens with zero attached hydrogens (tertiary/aromatic N) is 4. The highest BCUT2D eigenvalue weighted by molar-refractivity contribution is 7.90. The standard InChI is InChI=1S/C52H74N8O9S/c1-12-35(7)44(55-11)46(62)45(41-20-16-17-25-56-41)60(48(64)40(54)28-37-30-59(31-57-37)70(67,68)38-23-21-34(6)22-24-38)49(65)52(33(4)5,29-43(61)39(53)26-32(2)3)47(63)42(27-36-18-14-13-15-19-36)58-50(66)69-51(8,9)10/h13-25,30-33,35,39-40,42-45,55,61H,12,26-29,53-54H2,1-11H3,(H,58,66)/t35-,39-,40-,42-,43-,44-,45?,52-/m0/s1. The number of Topliss-reactive ketones (excluding diaryl/α,β-unsaturated/α-hetero) is 2. The lowest BCUT2D eigenvalue weighted by Gasteiger charge is -2.44. The van der Waals surface area contributed by atoms with Crippen LogP contribution in [-0.2, 0) is 46.8 Å². The number of alkyl carbamates (subject to hydrolysis) is 1. The molecule has 4 rings (SSSR count). The largest absolute Gasteiger partial charge is 0.444 e. The third-order valence-corrected chi connectivity index (χ3v) is 14.2. The number of imide groups is 1. The molecule has 0 bridgehead atoms. The molecule has 0 fully saturated rings. The average molecular weight is 987 g/mol. The van der Waals surface area contributed by atoms with Gasteiger partial charge in [-0.1, -0.05) is 102 Å². The number of nitrogens with one attached hydrogen (secondary N) is 2. The van der Waals surface area contributed by atoms with Crippen molar-refractivity contribution in [3.8, 4) is 0 Å². The zero-order valence-electron chi connectivity index (χ0n) is 42.5. The molecule has 7 N–H and O–H groups in total. The number of aryl methyl sites for hydroxylation is 1. The third-order valence-electron chi connectivity index (χ3n) is 12.6. The number of likely N-dealkylation sites (N-methyl/N-ethyl adjacent to an activating group) is 1. The van der Waals surface area contributed by atoms with Gasteiger partial charge in [0.05, 0.1) is 40.5 Å². The number of rotatable bonds is 24. The van der Waals surface area contributed by atoms with Crippen molar-refractivity contribution < 1.29 is 42.2 Å².